The van der Waals surface area contributed by atoms with Gasteiger partial charge < -0.3 is 11.1 Å². The van der Waals surface area contributed by atoms with Crippen LogP contribution in [0.25, 0.3) is 0 Å². The Balaban J connectivity index is 1.67. The summed E-state index contributed by atoms with van der Waals surface area (Å²) in [5, 5.41) is 2.91. The fourth-order valence-corrected chi connectivity index (χ4v) is 2.55. The van der Waals surface area contributed by atoms with E-state index in [1.165, 1.54) is 6.42 Å². The molecule has 17 heavy (non-hydrogen) atoms. The monoisotopic (exact) mass is 250 g/mol. The average molecular weight is 250 g/mol. The van der Waals surface area contributed by atoms with E-state index in [1.807, 2.05) is 30.3 Å². The number of hydrogen-bond donors (Lipinski definition) is 2. The lowest BCUT2D eigenvalue weighted by Crippen LogP contribution is -2.55. The van der Waals surface area contributed by atoms with Gasteiger partial charge in [-0.3, -0.25) is 4.79 Å². The molecule has 2 rings (SSSR count). The first-order valence-electron chi connectivity index (χ1n) is 5.91. The first kappa shape index (κ1) is 12.5. The third-order valence-corrected chi connectivity index (χ3v) is 4.11. The maximum Gasteiger partial charge on any atom is 0.230 e. The molecule has 1 fully saturated rings. The number of nitrogens with one attached hydrogen (secondary N) is 1. The molecule has 1 amide bonds. The molecule has 0 aromatic heterocycles. The Hall–Kier alpha value is -1.00. The summed E-state index contributed by atoms with van der Waals surface area (Å²) in [6.07, 6.45) is 3.24. The fraction of sp³-hybridized carbons (Fsp3) is 0.462. The van der Waals surface area contributed by atoms with Crippen LogP contribution in [0.15, 0.2) is 35.2 Å². The van der Waals surface area contributed by atoms with E-state index < -0.39 is 0 Å². The summed E-state index contributed by atoms with van der Waals surface area (Å²) in [7, 11) is 0. The third-order valence-electron chi connectivity index (χ3n) is 3.10. The maximum atomic E-state index is 11.6. The van der Waals surface area contributed by atoms with Gasteiger partial charge in [-0.1, -0.05) is 18.2 Å². The van der Waals surface area contributed by atoms with Crippen molar-refractivity contribution in [3.05, 3.63) is 30.3 Å². The van der Waals surface area contributed by atoms with E-state index in [0.717, 1.165) is 17.7 Å². The van der Waals surface area contributed by atoms with Crippen molar-refractivity contribution < 1.29 is 4.79 Å². The first-order chi connectivity index (χ1) is 8.18. The van der Waals surface area contributed by atoms with Gasteiger partial charge in [0, 0.05) is 17.0 Å². The fourth-order valence-electron chi connectivity index (χ4n) is 1.80. The predicted molar refractivity (Wildman–Crippen MR) is 70.9 cm³/mol. The van der Waals surface area contributed by atoms with Gasteiger partial charge >= 0.3 is 0 Å². The molecule has 3 nitrogen and oxygen atoms in total. The summed E-state index contributed by atoms with van der Waals surface area (Å²) in [5.74, 6) is 0.524. The highest BCUT2D eigenvalue weighted by Gasteiger charge is 2.32. The largest absolute Gasteiger partial charge is 0.354 e. The Morgan fingerprint density at radius 1 is 1.35 bits per heavy atom. The van der Waals surface area contributed by atoms with Crippen molar-refractivity contribution in [1.29, 1.82) is 0 Å². The van der Waals surface area contributed by atoms with Crippen molar-refractivity contribution in [2.45, 2.75) is 29.7 Å². The molecule has 1 aromatic carbocycles. The molecule has 0 spiro atoms. The molecule has 0 aliphatic heterocycles. The summed E-state index contributed by atoms with van der Waals surface area (Å²) in [5.41, 5.74) is 5.90. The van der Waals surface area contributed by atoms with Gasteiger partial charge in [-0.15, -0.1) is 11.8 Å². The van der Waals surface area contributed by atoms with E-state index in [1.54, 1.807) is 11.8 Å². The Morgan fingerprint density at radius 3 is 2.65 bits per heavy atom. The Morgan fingerprint density at radius 2 is 2.06 bits per heavy atom. The second kappa shape index (κ2) is 5.56. The van der Waals surface area contributed by atoms with Crippen LogP contribution in [0, 0.1) is 0 Å². The molecule has 1 aliphatic carbocycles. The standard InChI is InChI=1S/C13H18N2OS/c14-13(7-4-8-13)10-15-12(16)9-17-11-5-2-1-3-6-11/h1-3,5-6H,4,7-10,14H2,(H,15,16). The number of carbonyl (C=O) groups excluding carboxylic acids is 1. The number of nitrogens with two attached hydrogens (primary N) is 1. The van der Waals surface area contributed by atoms with E-state index in [9.17, 15) is 4.79 Å². The summed E-state index contributed by atoms with van der Waals surface area (Å²) < 4.78 is 0. The van der Waals surface area contributed by atoms with Crippen LogP contribution in [0.2, 0.25) is 0 Å². The number of amides is 1. The van der Waals surface area contributed by atoms with Gasteiger partial charge in [-0.25, -0.2) is 0 Å². The molecule has 1 saturated carbocycles. The van der Waals surface area contributed by atoms with Crippen LogP contribution in [0.3, 0.4) is 0 Å². The Labute approximate surface area is 106 Å². The lowest BCUT2D eigenvalue weighted by molar-refractivity contribution is -0.119. The van der Waals surface area contributed by atoms with Crippen LogP contribution >= 0.6 is 11.8 Å². The maximum absolute atomic E-state index is 11.6. The second-order valence-electron chi connectivity index (χ2n) is 4.59. The molecule has 4 heteroatoms. The smallest absolute Gasteiger partial charge is 0.230 e. The molecule has 0 atom stereocenters. The normalized spacial score (nSPS) is 17.2. The molecule has 0 saturated heterocycles. The van der Waals surface area contributed by atoms with Crippen LogP contribution in [0.4, 0.5) is 0 Å². The van der Waals surface area contributed by atoms with Crippen molar-refractivity contribution in [3.63, 3.8) is 0 Å². The number of hydrogen-bond acceptors (Lipinski definition) is 3. The van der Waals surface area contributed by atoms with Crippen molar-refractivity contribution in [3.8, 4) is 0 Å². The molecular formula is C13H18N2OS. The van der Waals surface area contributed by atoms with E-state index in [0.29, 0.717) is 12.3 Å². The number of thioether (sulfide) groups is 1. The zero-order valence-electron chi connectivity index (χ0n) is 9.82. The minimum absolute atomic E-state index is 0.0654. The zero-order valence-corrected chi connectivity index (χ0v) is 10.6. The van der Waals surface area contributed by atoms with Gasteiger partial charge in [0.25, 0.3) is 0 Å². The number of rotatable bonds is 5. The summed E-state index contributed by atoms with van der Waals surface area (Å²) >= 11 is 1.55. The van der Waals surface area contributed by atoms with Crippen LogP contribution in [0.5, 0.6) is 0 Å². The minimum atomic E-state index is -0.132. The molecular weight excluding hydrogens is 232 g/mol. The van der Waals surface area contributed by atoms with Crippen molar-refractivity contribution >= 4 is 17.7 Å². The SMILES string of the molecule is NC1(CNC(=O)CSc2ccccc2)CCC1. The van der Waals surface area contributed by atoms with Crippen molar-refractivity contribution in [2.24, 2.45) is 5.73 Å². The molecule has 92 valence electrons. The van der Waals surface area contributed by atoms with E-state index >= 15 is 0 Å². The van der Waals surface area contributed by atoms with Gasteiger partial charge in [-0.05, 0) is 31.4 Å². The molecule has 0 radical (unpaired) electrons. The molecule has 3 N–H and O–H groups in total. The highest BCUT2D eigenvalue weighted by molar-refractivity contribution is 8.00. The predicted octanol–water partition coefficient (Wildman–Crippen LogP) is 1.78. The van der Waals surface area contributed by atoms with Crippen molar-refractivity contribution in [1.82, 2.24) is 5.32 Å². The van der Waals surface area contributed by atoms with Crippen molar-refractivity contribution in [2.75, 3.05) is 12.3 Å². The highest BCUT2D eigenvalue weighted by atomic mass is 32.2. The van der Waals surface area contributed by atoms with Crippen LogP contribution in [-0.4, -0.2) is 23.7 Å². The minimum Gasteiger partial charge on any atom is -0.354 e. The van der Waals surface area contributed by atoms with Gasteiger partial charge in [0.1, 0.15) is 0 Å². The quantitative estimate of drug-likeness (QED) is 0.783. The van der Waals surface area contributed by atoms with Gasteiger partial charge in [0.2, 0.25) is 5.91 Å². The van der Waals surface area contributed by atoms with Gasteiger partial charge in [-0.2, -0.15) is 0 Å². The summed E-state index contributed by atoms with van der Waals surface area (Å²) in [6, 6.07) is 9.94. The van der Waals surface area contributed by atoms with Gasteiger partial charge in [0.05, 0.1) is 5.75 Å². The number of benzene rings is 1. The lowest BCUT2D eigenvalue weighted by atomic mass is 9.78. The molecule has 0 bridgehead atoms. The van der Waals surface area contributed by atoms with E-state index in [2.05, 4.69) is 5.32 Å². The van der Waals surface area contributed by atoms with E-state index in [-0.39, 0.29) is 11.4 Å². The molecule has 1 aliphatic rings. The van der Waals surface area contributed by atoms with Crippen LogP contribution in [-0.2, 0) is 4.79 Å². The first-order valence-corrected chi connectivity index (χ1v) is 6.90. The molecule has 0 unspecified atom stereocenters. The highest BCUT2D eigenvalue weighted by Crippen LogP contribution is 2.28. The molecule has 0 heterocycles. The molecule has 1 aromatic rings. The summed E-state index contributed by atoms with van der Waals surface area (Å²) in [4.78, 5) is 12.7. The number of carbonyl (C=O) groups is 1. The van der Waals surface area contributed by atoms with Crippen LogP contribution < -0.4 is 11.1 Å². The van der Waals surface area contributed by atoms with Gasteiger partial charge in [0.15, 0.2) is 0 Å². The third kappa shape index (κ3) is 3.75. The average Bonchev–Trinajstić information content (AvgIpc) is 2.33. The second-order valence-corrected chi connectivity index (χ2v) is 5.64. The van der Waals surface area contributed by atoms with E-state index in [4.69, 9.17) is 5.73 Å². The lowest BCUT2D eigenvalue weighted by Gasteiger charge is -2.38. The Kier molecular flexibility index (Phi) is 4.07. The topological polar surface area (TPSA) is 55.1 Å². The van der Waals surface area contributed by atoms with Crippen LogP contribution in [0.1, 0.15) is 19.3 Å². The zero-order chi connectivity index (χ0) is 12.1. The Bertz CT molecular complexity index is 376. The summed E-state index contributed by atoms with van der Waals surface area (Å²) in [6.45, 7) is 0.612.